The fourth-order valence-corrected chi connectivity index (χ4v) is 3.44. The lowest BCUT2D eigenvalue weighted by Crippen LogP contribution is -2.40. The maximum absolute atomic E-state index is 12.7. The third-order valence-corrected chi connectivity index (χ3v) is 5.04. The van der Waals surface area contributed by atoms with E-state index in [-0.39, 0.29) is 6.10 Å². The van der Waals surface area contributed by atoms with Crippen LogP contribution < -0.4 is 0 Å². The highest BCUT2D eigenvalue weighted by molar-refractivity contribution is 5.89. The van der Waals surface area contributed by atoms with E-state index < -0.39 is 24.5 Å². The number of allylic oxidation sites excluding steroid dienone is 1. The van der Waals surface area contributed by atoms with Gasteiger partial charge in [-0.25, -0.2) is 4.79 Å². The van der Waals surface area contributed by atoms with Crippen LogP contribution >= 0.6 is 0 Å². The summed E-state index contributed by atoms with van der Waals surface area (Å²) in [5.41, 5.74) is 1.54. The molecule has 0 amide bonds. The van der Waals surface area contributed by atoms with Gasteiger partial charge in [-0.2, -0.15) is 0 Å². The first-order valence-electron chi connectivity index (χ1n) is 10.5. The first-order valence-corrected chi connectivity index (χ1v) is 10.5. The van der Waals surface area contributed by atoms with Crippen LogP contribution in [0.2, 0.25) is 0 Å². The molecule has 5 nitrogen and oxygen atoms in total. The smallest absolute Gasteiger partial charge is 0.338 e. The van der Waals surface area contributed by atoms with E-state index in [0.29, 0.717) is 18.8 Å². The van der Waals surface area contributed by atoms with Crippen LogP contribution in [-0.2, 0) is 25.6 Å². The van der Waals surface area contributed by atoms with Gasteiger partial charge in [-0.3, -0.25) is 0 Å². The van der Waals surface area contributed by atoms with Crippen LogP contribution in [0.25, 0.3) is 0 Å². The number of carbonyl (C=O) groups is 1. The molecule has 0 aliphatic carbocycles. The van der Waals surface area contributed by atoms with Crippen molar-refractivity contribution in [2.75, 3.05) is 6.61 Å². The Labute approximate surface area is 178 Å². The molecule has 4 atom stereocenters. The number of unbranched alkanes of at least 4 members (excludes halogenated alkanes) is 1. The van der Waals surface area contributed by atoms with Gasteiger partial charge < -0.3 is 18.9 Å². The summed E-state index contributed by atoms with van der Waals surface area (Å²) in [6.07, 6.45) is 2.33. The maximum atomic E-state index is 12.7. The van der Waals surface area contributed by atoms with Crippen LogP contribution in [0.15, 0.2) is 73.3 Å². The second kappa shape index (κ2) is 11.6. The molecule has 160 valence electrons. The van der Waals surface area contributed by atoms with E-state index in [4.69, 9.17) is 18.9 Å². The Morgan fingerprint density at radius 2 is 1.73 bits per heavy atom. The SMILES string of the molecule is C=CCCCOC1OC(CC)C(OCc2ccccc2)C1OC(=O)c1ccccc1. The predicted molar refractivity (Wildman–Crippen MR) is 115 cm³/mol. The van der Waals surface area contributed by atoms with Crippen LogP contribution in [0, 0.1) is 0 Å². The largest absolute Gasteiger partial charge is 0.450 e. The summed E-state index contributed by atoms with van der Waals surface area (Å²) in [7, 11) is 0. The quantitative estimate of drug-likeness (QED) is 0.299. The van der Waals surface area contributed by atoms with Gasteiger partial charge in [0.15, 0.2) is 12.4 Å². The molecule has 30 heavy (non-hydrogen) atoms. The fourth-order valence-electron chi connectivity index (χ4n) is 3.44. The molecule has 2 aromatic rings. The van der Waals surface area contributed by atoms with E-state index in [9.17, 15) is 4.79 Å². The Balaban J connectivity index is 1.73. The highest BCUT2D eigenvalue weighted by atomic mass is 16.7. The van der Waals surface area contributed by atoms with Gasteiger partial charge in [0.2, 0.25) is 0 Å². The van der Waals surface area contributed by atoms with Crippen molar-refractivity contribution in [2.24, 2.45) is 0 Å². The zero-order chi connectivity index (χ0) is 21.2. The Morgan fingerprint density at radius 1 is 1.03 bits per heavy atom. The Kier molecular flexibility index (Phi) is 8.63. The van der Waals surface area contributed by atoms with Crippen LogP contribution in [0.3, 0.4) is 0 Å². The van der Waals surface area contributed by atoms with Gasteiger partial charge in [0, 0.05) is 0 Å². The summed E-state index contributed by atoms with van der Waals surface area (Å²) in [6.45, 7) is 6.67. The van der Waals surface area contributed by atoms with Gasteiger partial charge in [0.05, 0.1) is 24.9 Å². The Morgan fingerprint density at radius 3 is 2.40 bits per heavy atom. The molecular weight excluding hydrogens is 380 g/mol. The highest BCUT2D eigenvalue weighted by Gasteiger charge is 2.48. The van der Waals surface area contributed by atoms with Crippen molar-refractivity contribution in [1.82, 2.24) is 0 Å². The van der Waals surface area contributed by atoms with Crippen LogP contribution in [0.5, 0.6) is 0 Å². The summed E-state index contributed by atoms with van der Waals surface area (Å²) in [5, 5.41) is 0. The number of esters is 1. The molecule has 4 unspecified atom stereocenters. The first kappa shape index (κ1) is 22.2. The standard InChI is InChI=1S/C25H30O5/c1-3-5-12-17-27-25-23(30-24(26)20-15-10-7-11-16-20)22(21(4-2)29-25)28-18-19-13-8-6-9-14-19/h3,6-11,13-16,21-23,25H,1,4-5,12,17-18H2,2H3. The lowest BCUT2D eigenvalue weighted by atomic mass is 10.1. The topological polar surface area (TPSA) is 54.0 Å². The minimum absolute atomic E-state index is 0.216. The zero-order valence-corrected chi connectivity index (χ0v) is 17.4. The van der Waals surface area contributed by atoms with Gasteiger partial charge >= 0.3 is 5.97 Å². The average molecular weight is 411 g/mol. The molecule has 0 radical (unpaired) electrons. The van der Waals surface area contributed by atoms with Crippen molar-refractivity contribution >= 4 is 5.97 Å². The van der Waals surface area contributed by atoms with Crippen LogP contribution in [0.4, 0.5) is 0 Å². The van der Waals surface area contributed by atoms with Crippen molar-refractivity contribution < 1.29 is 23.7 Å². The second-order valence-corrected chi connectivity index (χ2v) is 7.25. The molecule has 1 fully saturated rings. The molecule has 1 heterocycles. The lowest BCUT2D eigenvalue weighted by molar-refractivity contribution is -0.167. The maximum Gasteiger partial charge on any atom is 0.338 e. The summed E-state index contributed by atoms with van der Waals surface area (Å²) in [6, 6.07) is 18.9. The van der Waals surface area contributed by atoms with Gasteiger partial charge in [-0.15, -0.1) is 6.58 Å². The third kappa shape index (κ3) is 6.02. The first-order chi connectivity index (χ1) is 14.7. The number of benzene rings is 2. The van der Waals surface area contributed by atoms with Gasteiger partial charge in [-0.05, 0) is 37.0 Å². The van der Waals surface area contributed by atoms with Gasteiger partial charge in [0.1, 0.15) is 6.10 Å². The monoisotopic (exact) mass is 410 g/mol. The summed E-state index contributed by atoms with van der Waals surface area (Å²) in [4.78, 5) is 12.7. The number of rotatable bonds is 11. The number of carbonyl (C=O) groups excluding carboxylic acids is 1. The van der Waals surface area contributed by atoms with E-state index in [1.165, 1.54) is 0 Å². The molecule has 5 heteroatoms. The fraction of sp³-hybridized carbons (Fsp3) is 0.400. The molecular formula is C25H30O5. The molecule has 1 aliphatic heterocycles. The van der Waals surface area contributed by atoms with E-state index in [1.807, 2.05) is 61.5 Å². The number of hydrogen-bond acceptors (Lipinski definition) is 5. The Hall–Kier alpha value is -2.47. The molecule has 0 aromatic heterocycles. The van der Waals surface area contributed by atoms with Gasteiger partial charge in [0.25, 0.3) is 0 Å². The molecule has 0 saturated carbocycles. The van der Waals surface area contributed by atoms with Crippen LogP contribution in [-0.4, -0.2) is 37.2 Å². The van der Waals surface area contributed by atoms with Crippen molar-refractivity contribution in [3.8, 4) is 0 Å². The number of ether oxygens (including phenoxy) is 4. The van der Waals surface area contributed by atoms with Crippen molar-refractivity contribution in [3.05, 3.63) is 84.4 Å². The molecule has 3 rings (SSSR count). The van der Waals surface area contributed by atoms with E-state index >= 15 is 0 Å². The molecule has 1 aliphatic rings. The molecule has 0 spiro atoms. The molecule has 2 aromatic carbocycles. The minimum Gasteiger partial charge on any atom is -0.450 e. The van der Waals surface area contributed by atoms with Crippen molar-refractivity contribution in [2.45, 2.75) is 57.4 Å². The molecule has 0 N–H and O–H groups in total. The molecule has 1 saturated heterocycles. The van der Waals surface area contributed by atoms with E-state index in [2.05, 4.69) is 6.58 Å². The zero-order valence-electron chi connectivity index (χ0n) is 17.4. The lowest BCUT2D eigenvalue weighted by Gasteiger charge is -2.24. The van der Waals surface area contributed by atoms with Crippen molar-refractivity contribution in [3.63, 3.8) is 0 Å². The second-order valence-electron chi connectivity index (χ2n) is 7.25. The van der Waals surface area contributed by atoms with E-state index in [0.717, 1.165) is 24.8 Å². The third-order valence-electron chi connectivity index (χ3n) is 5.04. The molecule has 0 bridgehead atoms. The predicted octanol–water partition coefficient (Wildman–Crippen LogP) is 4.92. The summed E-state index contributed by atoms with van der Waals surface area (Å²) >= 11 is 0. The highest BCUT2D eigenvalue weighted by Crippen LogP contribution is 2.31. The minimum atomic E-state index is -0.659. The Bertz CT molecular complexity index is 777. The average Bonchev–Trinajstić information content (AvgIpc) is 3.12. The van der Waals surface area contributed by atoms with E-state index in [1.54, 1.807) is 12.1 Å². The number of hydrogen-bond donors (Lipinski definition) is 0. The van der Waals surface area contributed by atoms with Gasteiger partial charge in [-0.1, -0.05) is 61.5 Å². The normalized spacial score (nSPS) is 23.2. The summed E-state index contributed by atoms with van der Waals surface area (Å²) in [5.74, 6) is -0.408. The van der Waals surface area contributed by atoms with Crippen molar-refractivity contribution in [1.29, 1.82) is 0 Å². The summed E-state index contributed by atoms with van der Waals surface area (Å²) < 4.78 is 24.1. The van der Waals surface area contributed by atoms with Crippen LogP contribution in [0.1, 0.15) is 42.1 Å².